The highest BCUT2D eigenvalue weighted by atomic mass is 16.5. The van der Waals surface area contributed by atoms with Crippen LogP contribution in [0.5, 0.6) is 0 Å². The molecule has 0 heterocycles. The predicted octanol–water partition coefficient (Wildman–Crippen LogP) is 9.74. The second-order valence-electron chi connectivity index (χ2n) is 9.96. The topological polar surface area (TPSA) is 9.23 Å². The minimum Gasteiger partial charge on any atom is -0.376 e. The zero-order chi connectivity index (χ0) is 24.3. The SMILES string of the molecule is C=CCCCC1CCC(c2ccc(-c3ccc(-c4ccc(COCCC=C)cc4)cc3)cc2)CC1. The fourth-order valence-electron chi connectivity index (χ4n) is 5.29. The van der Waals surface area contributed by atoms with Crippen LogP contribution in [0.4, 0.5) is 0 Å². The van der Waals surface area contributed by atoms with Gasteiger partial charge in [0.1, 0.15) is 0 Å². The first kappa shape index (κ1) is 25.2. The van der Waals surface area contributed by atoms with E-state index in [2.05, 4.69) is 92.0 Å². The van der Waals surface area contributed by atoms with Crippen LogP contribution in [0.15, 0.2) is 98.1 Å². The van der Waals surface area contributed by atoms with Gasteiger partial charge < -0.3 is 4.74 Å². The number of hydrogen-bond acceptors (Lipinski definition) is 1. The molecule has 3 aromatic carbocycles. The van der Waals surface area contributed by atoms with E-state index in [0.717, 1.165) is 24.9 Å². The Labute approximate surface area is 212 Å². The number of unbranched alkanes of at least 4 members (excludes halogenated alkanes) is 1. The van der Waals surface area contributed by atoms with Crippen LogP contribution in [0, 0.1) is 5.92 Å². The third-order valence-electron chi connectivity index (χ3n) is 7.49. The van der Waals surface area contributed by atoms with E-state index >= 15 is 0 Å². The van der Waals surface area contributed by atoms with Crippen LogP contribution >= 0.6 is 0 Å². The number of benzene rings is 3. The van der Waals surface area contributed by atoms with E-state index in [-0.39, 0.29) is 0 Å². The van der Waals surface area contributed by atoms with Gasteiger partial charge in [-0.2, -0.15) is 0 Å². The summed E-state index contributed by atoms with van der Waals surface area (Å²) in [4.78, 5) is 0. The maximum Gasteiger partial charge on any atom is 0.0717 e. The molecule has 35 heavy (non-hydrogen) atoms. The lowest BCUT2D eigenvalue weighted by Gasteiger charge is -2.29. The van der Waals surface area contributed by atoms with Crippen molar-refractivity contribution in [2.24, 2.45) is 5.92 Å². The first-order valence-corrected chi connectivity index (χ1v) is 13.4. The van der Waals surface area contributed by atoms with Gasteiger partial charge in [-0.3, -0.25) is 0 Å². The van der Waals surface area contributed by atoms with Crippen LogP contribution in [0.1, 0.15) is 68.4 Å². The zero-order valence-corrected chi connectivity index (χ0v) is 21.1. The van der Waals surface area contributed by atoms with Crippen molar-refractivity contribution in [1.82, 2.24) is 0 Å². The molecular formula is C34H40O. The van der Waals surface area contributed by atoms with Crippen LogP contribution in [0.3, 0.4) is 0 Å². The summed E-state index contributed by atoms with van der Waals surface area (Å²) < 4.78 is 5.67. The Hall–Kier alpha value is -2.90. The Kier molecular flexibility index (Phi) is 9.55. The predicted molar refractivity (Wildman–Crippen MR) is 151 cm³/mol. The van der Waals surface area contributed by atoms with Gasteiger partial charge in [-0.1, -0.05) is 91.4 Å². The average Bonchev–Trinajstić information content (AvgIpc) is 2.92. The Morgan fingerprint density at radius 2 is 1.17 bits per heavy atom. The second kappa shape index (κ2) is 13.3. The van der Waals surface area contributed by atoms with Crippen LogP contribution < -0.4 is 0 Å². The average molecular weight is 465 g/mol. The molecule has 0 N–H and O–H groups in total. The summed E-state index contributed by atoms with van der Waals surface area (Å²) in [5, 5.41) is 0. The van der Waals surface area contributed by atoms with Crippen LogP contribution in [-0.4, -0.2) is 6.61 Å². The molecular weight excluding hydrogens is 424 g/mol. The van der Waals surface area contributed by atoms with Gasteiger partial charge >= 0.3 is 0 Å². The summed E-state index contributed by atoms with van der Waals surface area (Å²) in [6, 6.07) is 27.0. The molecule has 0 radical (unpaired) electrons. The Bertz CT molecular complexity index is 1040. The molecule has 1 nitrogen and oxygen atoms in total. The van der Waals surface area contributed by atoms with E-state index in [1.807, 2.05) is 6.08 Å². The maximum absolute atomic E-state index is 5.67. The van der Waals surface area contributed by atoms with E-state index in [4.69, 9.17) is 4.74 Å². The Balaban J connectivity index is 1.31. The first-order valence-electron chi connectivity index (χ1n) is 13.4. The highest BCUT2D eigenvalue weighted by molar-refractivity contribution is 5.70. The molecule has 0 atom stereocenters. The molecule has 0 amide bonds. The molecule has 182 valence electrons. The highest BCUT2D eigenvalue weighted by Crippen LogP contribution is 2.38. The lowest BCUT2D eigenvalue weighted by atomic mass is 9.77. The molecule has 0 aliphatic heterocycles. The lowest BCUT2D eigenvalue weighted by Crippen LogP contribution is -2.13. The molecule has 0 bridgehead atoms. The number of hydrogen-bond donors (Lipinski definition) is 0. The van der Waals surface area contributed by atoms with E-state index in [9.17, 15) is 0 Å². The van der Waals surface area contributed by atoms with E-state index in [1.54, 1.807) is 0 Å². The van der Waals surface area contributed by atoms with Gasteiger partial charge in [0.25, 0.3) is 0 Å². The van der Waals surface area contributed by atoms with Crippen molar-refractivity contribution in [2.45, 2.75) is 63.9 Å². The fraction of sp³-hybridized carbons (Fsp3) is 0.353. The van der Waals surface area contributed by atoms with E-state index in [1.165, 1.54) is 78.3 Å². The van der Waals surface area contributed by atoms with Crippen LogP contribution in [0.2, 0.25) is 0 Å². The number of allylic oxidation sites excluding steroid dienone is 1. The first-order chi connectivity index (χ1) is 17.3. The minimum absolute atomic E-state index is 0.653. The normalized spacial score (nSPS) is 17.7. The van der Waals surface area contributed by atoms with Gasteiger partial charge in [-0.15, -0.1) is 13.2 Å². The Morgan fingerprint density at radius 3 is 1.71 bits per heavy atom. The molecule has 1 aliphatic rings. The summed E-state index contributed by atoms with van der Waals surface area (Å²) in [7, 11) is 0. The molecule has 1 aliphatic carbocycles. The van der Waals surface area contributed by atoms with E-state index in [0.29, 0.717) is 6.61 Å². The van der Waals surface area contributed by atoms with Gasteiger partial charge in [0.2, 0.25) is 0 Å². The lowest BCUT2D eigenvalue weighted by molar-refractivity contribution is 0.125. The van der Waals surface area contributed by atoms with Gasteiger partial charge in [-0.05, 0) is 90.2 Å². The summed E-state index contributed by atoms with van der Waals surface area (Å²) in [5.74, 6) is 1.66. The monoisotopic (exact) mass is 464 g/mol. The summed E-state index contributed by atoms with van der Waals surface area (Å²) in [6.45, 7) is 8.96. The molecule has 1 saturated carbocycles. The minimum atomic E-state index is 0.653. The van der Waals surface area contributed by atoms with Crippen molar-refractivity contribution in [3.63, 3.8) is 0 Å². The second-order valence-corrected chi connectivity index (χ2v) is 9.96. The molecule has 0 aromatic heterocycles. The molecule has 0 unspecified atom stereocenters. The fourth-order valence-corrected chi connectivity index (χ4v) is 5.29. The van der Waals surface area contributed by atoms with Crippen LogP contribution in [0.25, 0.3) is 22.3 Å². The molecule has 4 rings (SSSR count). The maximum atomic E-state index is 5.67. The van der Waals surface area contributed by atoms with Crippen molar-refractivity contribution in [2.75, 3.05) is 6.61 Å². The number of rotatable bonds is 12. The summed E-state index contributed by atoms with van der Waals surface area (Å²) in [5.41, 5.74) is 7.78. The van der Waals surface area contributed by atoms with Gasteiger partial charge in [0, 0.05) is 0 Å². The largest absolute Gasteiger partial charge is 0.376 e. The van der Waals surface area contributed by atoms with Gasteiger partial charge in [0.05, 0.1) is 13.2 Å². The Morgan fingerprint density at radius 1 is 0.657 bits per heavy atom. The van der Waals surface area contributed by atoms with Crippen molar-refractivity contribution in [3.8, 4) is 22.3 Å². The summed E-state index contributed by atoms with van der Waals surface area (Å²) >= 11 is 0. The van der Waals surface area contributed by atoms with E-state index < -0.39 is 0 Å². The molecule has 3 aromatic rings. The highest BCUT2D eigenvalue weighted by Gasteiger charge is 2.22. The van der Waals surface area contributed by atoms with Gasteiger partial charge in [0.15, 0.2) is 0 Å². The molecule has 0 saturated heterocycles. The third-order valence-corrected chi connectivity index (χ3v) is 7.49. The molecule has 1 fully saturated rings. The van der Waals surface area contributed by atoms with Gasteiger partial charge in [-0.25, -0.2) is 0 Å². The van der Waals surface area contributed by atoms with Crippen molar-refractivity contribution in [1.29, 1.82) is 0 Å². The zero-order valence-electron chi connectivity index (χ0n) is 21.1. The standard InChI is InChI=1S/C34H40O/c1-3-5-7-8-27-9-13-29(14-10-27)31-17-21-33(22-18-31)34-23-19-32(20-24-34)30-15-11-28(12-16-30)26-35-25-6-4-2/h3-4,11-12,15-24,27,29H,1-2,5-10,13-14,25-26H2. The number of ether oxygens (including phenoxy) is 1. The molecule has 1 heteroatoms. The molecule has 0 spiro atoms. The van der Waals surface area contributed by atoms with Crippen LogP contribution in [-0.2, 0) is 11.3 Å². The van der Waals surface area contributed by atoms with Crippen molar-refractivity contribution < 1.29 is 4.74 Å². The smallest absolute Gasteiger partial charge is 0.0717 e. The summed E-state index contributed by atoms with van der Waals surface area (Å²) in [6.07, 6.45) is 14.1. The third kappa shape index (κ3) is 7.29. The van der Waals surface area contributed by atoms with Crippen molar-refractivity contribution >= 4 is 0 Å². The quantitative estimate of drug-likeness (QED) is 0.191. The van der Waals surface area contributed by atoms with Crippen molar-refractivity contribution in [3.05, 3.63) is 109 Å².